The number of rotatable bonds is 1. The fourth-order valence-corrected chi connectivity index (χ4v) is 0.510. The minimum absolute atomic E-state index is 0.289. The fourth-order valence-electron chi connectivity index (χ4n) is 0.510. The van der Waals surface area contributed by atoms with Gasteiger partial charge in [0, 0.05) is 7.05 Å². The molecule has 0 atom stereocenters. The molecule has 47 valence electrons. The predicted octanol–water partition coefficient (Wildman–Crippen LogP) is 0.654. The Bertz CT molecular complexity index is 191. The van der Waals surface area contributed by atoms with Gasteiger partial charge in [-0.15, -0.1) is 0 Å². The van der Waals surface area contributed by atoms with Crippen LogP contribution in [0.25, 0.3) is 0 Å². The summed E-state index contributed by atoms with van der Waals surface area (Å²) in [7, 11) is 1.44. The standard InChI is InChI=1S/C6H6NO2/c1-7-6(8)5-3-2-4-9-5/h2-4H,1H3. The van der Waals surface area contributed by atoms with Gasteiger partial charge >= 0.3 is 5.91 Å². The third-order valence-corrected chi connectivity index (χ3v) is 0.935. The molecule has 1 aromatic rings. The number of carbonyl (C=O) groups is 1. The summed E-state index contributed by atoms with van der Waals surface area (Å²) in [6.45, 7) is 0. The van der Waals surface area contributed by atoms with Crippen molar-refractivity contribution in [1.82, 2.24) is 5.32 Å². The Labute approximate surface area is 52.7 Å². The summed E-state index contributed by atoms with van der Waals surface area (Å²) < 4.78 is 4.74. The van der Waals surface area contributed by atoms with Gasteiger partial charge in [0.1, 0.15) is 0 Å². The van der Waals surface area contributed by atoms with E-state index in [0.29, 0.717) is 0 Å². The van der Waals surface area contributed by atoms with Crippen LogP contribution in [0.15, 0.2) is 22.8 Å². The van der Waals surface area contributed by atoms with Gasteiger partial charge in [0.2, 0.25) is 0 Å². The third kappa shape index (κ3) is 1.10. The smallest absolute Gasteiger partial charge is 0.307 e. The Morgan fingerprint density at radius 1 is 1.78 bits per heavy atom. The highest BCUT2D eigenvalue weighted by Crippen LogP contribution is 1.98. The van der Waals surface area contributed by atoms with Crippen molar-refractivity contribution < 1.29 is 9.21 Å². The molecule has 1 amide bonds. The van der Waals surface area contributed by atoms with Crippen molar-refractivity contribution >= 4 is 5.91 Å². The van der Waals surface area contributed by atoms with E-state index in [1.165, 1.54) is 13.3 Å². The molecule has 1 radical (unpaired) electrons. The first-order valence-electron chi connectivity index (χ1n) is 2.52. The first kappa shape index (κ1) is 5.88. The van der Waals surface area contributed by atoms with Crippen molar-refractivity contribution in [1.29, 1.82) is 0 Å². The van der Waals surface area contributed by atoms with Gasteiger partial charge in [-0.3, -0.25) is 4.79 Å². The van der Waals surface area contributed by atoms with Crippen molar-refractivity contribution in [3.8, 4) is 0 Å². The molecule has 1 rings (SSSR count). The zero-order chi connectivity index (χ0) is 6.69. The van der Waals surface area contributed by atoms with Crippen LogP contribution >= 0.6 is 0 Å². The Balaban J connectivity index is 2.77. The third-order valence-electron chi connectivity index (χ3n) is 0.935. The van der Waals surface area contributed by atoms with E-state index in [-0.39, 0.29) is 11.7 Å². The van der Waals surface area contributed by atoms with Gasteiger partial charge in [-0.05, 0) is 12.1 Å². The van der Waals surface area contributed by atoms with Gasteiger partial charge in [0.15, 0.2) is 5.76 Å². The van der Waals surface area contributed by atoms with E-state index in [1.807, 2.05) is 0 Å². The van der Waals surface area contributed by atoms with Crippen molar-refractivity contribution in [3.05, 3.63) is 24.2 Å². The van der Waals surface area contributed by atoms with Gasteiger partial charge in [-0.25, -0.2) is 5.32 Å². The zero-order valence-electron chi connectivity index (χ0n) is 5.00. The van der Waals surface area contributed by atoms with E-state index in [9.17, 15) is 4.79 Å². The van der Waals surface area contributed by atoms with Crippen molar-refractivity contribution in [2.45, 2.75) is 0 Å². The van der Waals surface area contributed by atoms with Crippen LogP contribution in [-0.4, -0.2) is 13.0 Å². The lowest BCUT2D eigenvalue weighted by atomic mass is 10.4. The highest BCUT2D eigenvalue weighted by molar-refractivity contribution is 5.90. The second kappa shape index (κ2) is 2.35. The largest absolute Gasteiger partial charge is 0.459 e. The van der Waals surface area contributed by atoms with Gasteiger partial charge in [-0.2, -0.15) is 0 Å². The Morgan fingerprint density at radius 2 is 2.56 bits per heavy atom. The Hall–Kier alpha value is -1.25. The molecule has 0 unspecified atom stereocenters. The zero-order valence-corrected chi connectivity index (χ0v) is 5.00. The molecular weight excluding hydrogens is 118 g/mol. The summed E-state index contributed by atoms with van der Waals surface area (Å²) in [5, 5.41) is 3.40. The minimum atomic E-state index is -0.319. The van der Waals surface area contributed by atoms with E-state index in [0.717, 1.165) is 0 Å². The van der Waals surface area contributed by atoms with Gasteiger partial charge in [-0.1, -0.05) is 0 Å². The van der Waals surface area contributed by atoms with E-state index in [4.69, 9.17) is 4.42 Å². The molecule has 0 aliphatic heterocycles. The molecule has 1 aromatic heterocycles. The minimum Gasteiger partial charge on any atom is -0.459 e. The first-order valence-corrected chi connectivity index (χ1v) is 2.52. The highest BCUT2D eigenvalue weighted by atomic mass is 16.3. The molecule has 0 aliphatic rings. The summed E-state index contributed by atoms with van der Waals surface area (Å²) in [5.74, 6) is -0.0301. The van der Waals surface area contributed by atoms with Crippen LogP contribution in [-0.2, 0) is 0 Å². The van der Waals surface area contributed by atoms with Crippen molar-refractivity contribution in [2.75, 3.05) is 7.05 Å². The average molecular weight is 124 g/mol. The van der Waals surface area contributed by atoms with Gasteiger partial charge < -0.3 is 4.42 Å². The lowest BCUT2D eigenvalue weighted by molar-refractivity contribution is 0.0931. The number of carbonyl (C=O) groups excluding carboxylic acids is 1. The SMILES string of the molecule is C[N]C(=O)c1ccco1. The monoisotopic (exact) mass is 124 g/mol. The number of amides is 1. The lowest BCUT2D eigenvalue weighted by Gasteiger charge is -1.86. The molecule has 0 saturated heterocycles. The van der Waals surface area contributed by atoms with E-state index in [1.54, 1.807) is 12.1 Å². The van der Waals surface area contributed by atoms with Crippen LogP contribution in [0.4, 0.5) is 0 Å². The molecule has 0 aliphatic carbocycles. The number of nitrogens with zero attached hydrogens (tertiary/aromatic N) is 1. The Morgan fingerprint density at radius 3 is 3.00 bits per heavy atom. The van der Waals surface area contributed by atoms with Crippen LogP contribution < -0.4 is 5.32 Å². The summed E-state index contributed by atoms with van der Waals surface area (Å²) >= 11 is 0. The average Bonchev–Trinajstić information content (AvgIpc) is 2.37. The normalized spacial score (nSPS) is 9.00. The maximum atomic E-state index is 10.6. The molecule has 1 heterocycles. The quantitative estimate of drug-likeness (QED) is 0.551. The molecule has 3 nitrogen and oxygen atoms in total. The second-order valence-corrected chi connectivity index (χ2v) is 1.51. The van der Waals surface area contributed by atoms with Crippen LogP contribution in [0, 0.1) is 0 Å². The summed E-state index contributed by atoms with van der Waals surface area (Å²) in [6, 6.07) is 3.23. The molecule has 3 heteroatoms. The van der Waals surface area contributed by atoms with Crippen molar-refractivity contribution in [2.24, 2.45) is 0 Å². The molecule has 0 aromatic carbocycles. The highest BCUT2D eigenvalue weighted by Gasteiger charge is 2.04. The first-order chi connectivity index (χ1) is 4.34. The molecule has 0 N–H and O–H groups in total. The van der Waals surface area contributed by atoms with Crippen LogP contribution in [0.2, 0.25) is 0 Å². The fraction of sp³-hybridized carbons (Fsp3) is 0.167. The number of furan rings is 1. The lowest BCUT2D eigenvalue weighted by Crippen LogP contribution is -2.08. The van der Waals surface area contributed by atoms with Crippen molar-refractivity contribution in [3.63, 3.8) is 0 Å². The maximum absolute atomic E-state index is 10.6. The molecule has 9 heavy (non-hydrogen) atoms. The van der Waals surface area contributed by atoms with E-state index >= 15 is 0 Å². The van der Waals surface area contributed by atoms with Gasteiger partial charge in [0.05, 0.1) is 6.26 Å². The number of hydrogen-bond donors (Lipinski definition) is 0. The summed E-state index contributed by atoms with van der Waals surface area (Å²) in [4.78, 5) is 10.6. The Kier molecular flexibility index (Phi) is 1.53. The molecular formula is C6H6NO2. The number of hydrogen-bond acceptors (Lipinski definition) is 2. The van der Waals surface area contributed by atoms with Crippen LogP contribution in [0.3, 0.4) is 0 Å². The van der Waals surface area contributed by atoms with E-state index in [2.05, 4.69) is 5.32 Å². The topological polar surface area (TPSA) is 44.3 Å². The summed E-state index contributed by atoms with van der Waals surface area (Å²) in [5.41, 5.74) is 0. The second-order valence-electron chi connectivity index (χ2n) is 1.51. The van der Waals surface area contributed by atoms with Gasteiger partial charge in [0.25, 0.3) is 0 Å². The van der Waals surface area contributed by atoms with E-state index < -0.39 is 0 Å². The van der Waals surface area contributed by atoms with Crippen LogP contribution in [0.5, 0.6) is 0 Å². The molecule has 0 saturated carbocycles. The molecule has 0 bridgehead atoms. The molecule has 0 spiro atoms. The maximum Gasteiger partial charge on any atom is 0.307 e. The van der Waals surface area contributed by atoms with Crippen LogP contribution in [0.1, 0.15) is 10.6 Å². The molecule has 0 fully saturated rings. The summed E-state index contributed by atoms with van der Waals surface area (Å²) in [6.07, 6.45) is 1.44. The predicted molar refractivity (Wildman–Crippen MR) is 31.1 cm³/mol.